The normalized spacial score (nSPS) is 12.0. The lowest BCUT2D eigenvalue weighted by molar-refractivity contribution is -0.137. The number of benzene rings is 2. The van der Waals surface area contributed by atoms with Crippen LogP contribution in [0, 0.1) is 0 Å². The SMILES string of the molecule is C/C(=N/NC(=S)Nc1cc(C(F)(F)F)ccc1Cl)c1ccccc1Cl. The molecule has 0 radical (unpaired) electrons. The van der Waals surface area contributed by atoms with Crippen molar-refractivity contribution in [2.45, 2.75) is 13.1 Å². The molecule has 0 aliphatic heterocycles. The standard InChI is InChI=1S/C16H12Cl2F3N3S/c1-9(11-4-2-3-5-12(11)17)23-24-15(25)22-14-8-10(16(19,20)21)6-7-13(14)18/h2-8H,1H3,(H2,22,24,25)/b23-9-. The summed E-state index contributed by atoms with van der Waals surface area (Å²) in [5.74, 6) is 0. The summed E-state index contributed by atoms with van der Waals surface area (Å²) in [5, 5.41) is 7.27. The van der Waals surface area contributed by atoms with E-state index in [0.717, 1.165) is 18.2 Å². The molecule has 0 aromatic heterocycles. The summed E-state index contributed by atoms with van der Waals surface area (Å²) in [6.45, 7) is 1.72. The number of anilines is 1. The van der Waals surface area contributed by atoms with Crippen LogP contribution in [0.1, 0.15) is 18.1 Å². The molecule has 2 aromatic rings. The fourth-order valence-corrected chi connectivity index (χ4v) is 2.49. The average Bonchev–Trinajstić information content (AvgIpc) is 2.54. The number of hydrogen-bond acceptors (Lipinski definition) is 2. The summed E-state index contributed by atoms with van der Waals surface area (Å²) in [4.78, 5) is 0. The zero-order valence-electron chi connectivity index (χ0n) is 12.8. The minimum Gasteiger partial charge on any atom is -0.330 e. The van der Waals surface area contributed by atoms with E-state index in [1.165, 1.54) is 0 Å². The van der Waals surface area contributed by atoms with Gasteiger partial charge in [0.1, 0.15) is 0 Å². The third-order valence-electron chi connectivity index (χ3n) is 3.13. The third-order valence-corrected chi connectivity index (χ3v) is 3.98. The van der Waals surface area contributed by atoms with Crippen LogP contribution < -0.4 is 10.7 Å². The minimum absolute atomic E-state index is 0.00683. The van der Waals surface area contributed by atoms with Crippen LogP contribution in [0.5, 0.6) is 0 Å². The highest BCUT2D eigenvalue weighted by atomic mass is 35.5. The summed E-state index contributed by atoms with van der Waals surface area (Å²) >= 11 is 17.0. The van der Waals surface area contributed by atoms with E-state index in [0.29, 0.717) is 16.3 Å². The molecule has 2 N–H and O–H groups in total. The Morgan fingerprint density at radius 1 is 1.08 bits per heavy atom. The van der Waals surface area contributed by atoms with Crippen molar-refractivity contribution in [1.82, 2.24) is 5.43 Å². The van der Waals surface area contributed by atoms with Crippen LogP contribution in [-0.2, 0) is 6.18 Å². The molecule has 0 aliphatic carbocycles. The van der Waals surface area contributed by atoms with Crippen LogP contribution in [0.2, 0.25) is 10.0 Å². The van der Waals surface area contributed by atoms with Crippen LogP contribution >= 0.6 is 35.4 Å². The number of hydrazone groups is 1. The second kappa shape index (κ2) is 8.03. The molecule has 2 aromatic carbocycles. The Labute approximate surface area is 157 Å². The lowest BCUT2D eigenvalue weighted by Gasteiger charge is -2.13. The summed E-state index contributed by atoms with van der Waals surface area (Å²) in [5.41, 5.74) is 3.01. The maximum atomic E-state index is 12.8. The van der Waals surface area contributed by atoms with E-state index in [9.17, 15) is 13.2 Å². The topological polar surface area (TPSA) is 36.4 Å². The zero-order valence-corrected chi connectivity index (χ0v) is 15.1. The Morgan fingerprint density at radius 2 is 1.76 bits per heavy atom. The van der Waals surface area contributed by atoms with Crippen molar-refractivity contribution < 1.29 is 13.2 Å². The zero-order chi connectivity index (χ0) is 18.6. The van der Waals surface area contributed by atoms with Crippen molar-refractivity contribution >= 4 is 51.9 Å². The fourth-order valence-electron chi connectivity index (χ4n) is 1.90. The van der Waals surface area contributed by atoms with Crippen LogP contribution in [0.25, 0.3) is 0 Å². The molecule has 0 spiro atoms. The number of rotatable bonds is 3. The van der Waals surface area contributed by atoms with E-state index >= 15 is 0 Å². The van der Waals surface area contributed by atoms with Gasteiger partial charge < -0.3 is 5.32 Å². The summed E-state index contributed by atoms with van der Waals surface area (Å²) in [6.07, 6.45) is -4.48. The molecule has 0 heterocycles. The quantitative estimate of drug-likeness (QED) is 0.389. The summed E-state index contributed by atoms with van der Waals surface area (Å²) < 4.78 is 38.3. The molecule has 0 amide bonds. The third kappa shape index (κ3) is 5.32. The van der Waals surface area contributed by atoms with Gasteiger partial charge in [0.15, 0.2) is 5.11 Å². The predicted octanol–water partition coefficient (Wildman–Crippen LogP) is 5.72. The molecule has 132 valence electrons. The van der Waals surface area contributed by atoms with Gasteiger partial charge in [-0.2, -0.15) is 18.3 Å². The van der Waals surface area contributed by atoms with Crippen molar-refractivity contribution in [3.05, 3.63) is 63.6 Å². The number of nitrogens with zero attached hydrogens (tertiary/aromatic N) is 1. The fraction of sp³-hybridized carbons (Fsp3) is 0.125. The molecule has 0 fully saturated rings. The maximum Gasteiger partial charge on any atom is 0.416 e. The largest absolute Gasteiger partial charge is 0.416 e. The van der Waals surface area contributed by atoms with Gasteiger partial charge in [-0.1, -0.05) is 41.4 Å². The van der Waals surface area contributed by atoms with Crippen LogP contribution in [0.3, 0.4) is 0 Å². The maximum absolute atomic E-state index is 12.8. The van der Waals surface area contributed by atoms with Gasteiger partial charge in [-0.25, -0.2) is 0 Å². The predicted molar refractivity (Wildman–Crippen MR) is 99.5 cm³/mol. The van der Waals surface area contributed by atoms with Crippen LogP contribution in [0.4, 0.5) is 18.9 Å². The Morgan fingerprint density at radius 3 is 2.40 bits per heavy atom. The summed E-state index contributed by atoms with van der Waals surface area (Å²) in [7, 11) is 0. The van der Waals surface area contributed by atoms with Gasteiger partial charge in [0.2, 0.25) is 0 Å². The lowest BCUT2D eigenvalue weighted by atomic mass is 10.1. The van der Waals surface area contributed by atoms with Crippen molar-refractivity contribution in [2.24, 2.45) is 5.10 Å². The van der Waals surface area contributed by atoms with Gasteiger partial charge in [0.05, 0.1) is 22.0 Å². The molecular formula is C16H12Cl2F3N3S. The number of nitrogens with one attached hydrogen (secondary N) is 2. The van der Waals surface area contributed by atoms with E-state index in [2.05, 4.69) is 15.8 Å². The smallest absolute Gasteiger partial charge is 0.330 e. The molecule has 0 aliphatic rings. The van der Waals surface area contributed by atoms with Gasteiger partial charge in [-0.3, -0.25) is 5.43 Å². The van der Waals surface area contributed by atoms with Gasteiger partial charge in [-0.05, 0) is 43.4 Å². The van der Waals surface area contributed by atoms with E-state index < -0.39 is 11.7 Å². The first-order valence-electron chi connectivity index (χ1n) is 6.91. The van der Waals surface area contributed by atoms with Gasteiger partial charge >= 0.3 is 6.18 Å². The Hall–Kier alpha value is -1.83. The van der Waals surface area contributed by atoms with Crippen LogP contribution in [-0.4, -0.2) is 10.8 Å². The highest BCUT2D eigenvalue weighted by molar-refractivity contribution is 7.80. The lowest BCUT2D eigenvalue weighted by Crippen LogP contribution is -2.25. The Balaban J connectivity index is 2.10. The van der Waals surface area contributed by atoms with E-state index in [1.54, 1.807) is 31.2 Å². The first-order valence-corrected chi connectivity index (χ1v) is 8.08. The highest BCUT2D eigenvalue weighted by Crippen LogP contribution is 2.33. The average molecular weight is 406 g/mol. The second-order valence-corrected chi connectivity index (χ2v) is 6.16. The number of halogens is 5. The molecular weight excluding hydrogens is 394 g/mol. The molecule has 0 saturated carbocycles. The van der Waals surface area contributed by atoms with Crippen molar-refractivity contribution in [3.63, 3.8) is 0 Å². The van der Waals surface area contributed by atoms with Crippen molar-refractivity contribution in [3.8, 4) is 0 Å². The van der Waals surface area contributed by atoms with E-state index in [1.807, 2.05) is 0 Å². The molecule has 9 heteroatoms. The van der Waals surface area contributed by atoms with Crippen LogP contribution in [0.15, 0.2) is 47.6 Å². The molecule has 0 bridgehead atoms. The highest BCUT2D eigenvalue weighted by Gasteiger charge is 2.31. The number of alkyl halides is 3. The molecule has 3 nitrogen and oxygen atoms in total. The van der Waals surface area contributed by atoms with Gasteiger partial charge in [0, 0.05) is 10.6 Å². The Kier molecular flexibility index (Phi) is 6.26. The number of hydrogen-bond donors (Lipinski definition) is 2. The molecule has 0 saturated heterocycles. The van der Waals surface area contributed by atoms with Crippen molar-refractivity contribution in [2.75, 3.05) is 5.32 Å². The molecule has 25 heavy (non-hydrogen) atoms. The van der Waals surface area contributed by atoms with Gasteiger partial charge in [0.25, 0.3) is 0 Å². The first kappa shape index (κ1) is 19.5. The minimum atomic E-state index is -4.48. The molecule has 2 rings (SSSR count). The van der Waals surface area contributed by atoms with E-state index in [4.69, 9.17) is 35.4 Å². The molecule has 0 atom stereocenters. The van der Waals surface area contributed by atoms with E-state index in [-0.39, 0.29) is 15.8 Å². The van der Waals surface area contributed by atoms with Crippen molar-refractivity contribution in [1.29, 1.82) is 0 Å². The first-order chi connectivity index (χ1) is 11.7. The second-order valence-electron chi connectivity index (χ2n) is 4.94. The number of thiocarbonyl (C=S) groups is 1. The van der Waals surface area contributed by atoms with Gasteiger partial charge in [-0.15, -0.1) is 0 Å². The molecule has 0 unspecified atom stereocenters. The summed E-state index contributed by atoms with van der Waals surface area (Å²) in [6, 6.07) is 10.0. The Bertz CT molecular complexity index is 823. The monoisotopic (exact) mass is 405 g/mol.